The Morgan fingerprint density at radius 2 is 1.32 bits per heavy atom. The van der Waals surface area contributed by atoms with Crippen molar-refractivity contribution in [2.24, 2.45) is 5.92 Å². The zero-order valence-electron chi connectivity index (χ0n) is 20.0. The summed E-state index contributed by atoms with van der Waals surface area (Å²) in [6, 6.07) is 21.1. The summed E-state index contributed by atoms with van der Waals surface area (Å²) in [6.07, 6.45) is -3.85. The zero-order valence-corrected chi connectivity index (χ0v) is 21.7. The molecule has 4 rings (SSSR count). The highest BCUT2D eigenvalue weighted by Gasteiger charge is 2.37. The highest BCUT2D eigenvalue weighted by atomic mass is 32.1. The van der Waals surface area contributed by atoms with Crippen molar-refractivity contribution in [1.29, 1.82) is 0 Å². The van der Waals surface area contributed by atoms with Gasteiger partial charge in [0.25, 0.3) is 0 Å². The van der Waals surface area contributed by atoms with Crippen LogP contribution in [0.2, 0.25) is 0 Å². The average molecular weight is 565 g/mol. The quantitative estimate of drug-likeness (QED) is 0.183. The van der Waals surface area contributed by atoms with Crippen LogP contribution in [0.3, 0.4) is 0 Å². The first-order chi connectivity index (χ1) is 17.9. The third-order valence-corrected chi connectivity index (χ3v) is 8.77. The lowest BCUT2D eigenvalue weighted by Crippen LogP contribution is -2.40. The molecule has 0 aromatic heterocycles. The van der Waals surface area contributed by atoms with Crippen LogP contribution in [-0.4, -0.2) is 11.2 Å². The first kappa shape index (κ1) is 27.9. The van der Waals surface area contributed by atoms with Gasteiger partial charge in [-0.25, -0.2) is 0 Å². The van der Waals surface area contributed by atoms with E-state index in [1.807, 2.05) is 55.5 Å². The molecule has 0 aliphatic heterocycles. The summed E-state index contributed by atoms with van der Waals surface area (Å²) >= 11 is 5.29. The standard InChI is InChI=1S/C28H23F6N2PS/c1-18(35-26(38)36-21-16-19(27(29,30)31)15-20(17-21)28(32,33)34)24-13-8-14-25(24)37(22-9-4-2-5-10-22)23-11-6-3-7-12-23/h2-18,24H,1H3,(H2,35,36,38)/t18-,24?/m0/s1. The Morgan fingerprint density at radius 1 is 0.816 bits per heavy atom. The largest absolute Gasteiger partial charge is 0.416 e. The fraction of sp³-hybridized carbons (Fsp3) is 0.179. The minimum atomic E-state index is -4.94. The second-order valence-corrected chi connectivity index (χ2v) is 11.3. The fourth-order valence-electron chi connectivity index (χ4n) is 4.22. The predicted octanol–water partition coefficient (Wildman–Crippen LogP) is 7.60. The Morgan fingerprint density at radius 3 is 1.79 bits per heavy atom. The number of anilines is 1. The highest BCUT2D eigenvalue weighted by Crippen LogP contribution is 2.49. The lowest BCUT2D eigenvalue weighted by molar-refractivity contribution is -0.143. The molecule has 0 bridgehead atoms. The molecule has 0 fully saturated rings. The van der Waals surface area contributed by atoms with Crippen molar-refractivity contribution in [3.63, 3.8) is 0 Å². The lowest BCUT2D eigenvalue weighted by atomic mass is 10.0. The number of benzene rings is 3. The smallest absolute Gasteiger partial charge is 0.359 e. The molecule has 2 N–H and O–H groups in total. The Hall–Kier alpha value is -3.16. The van der Waals surface area contributed by atoms with Crippen LogP contribution in [0.25, 0.3) is 0 Å². The number of rotatable bonds is 6. The SMILES string of the molecule is C[C@H](NC(=S)Nc1cc(C(F)(F)F)cc(C(F)(F)F)c1)C1C=CC=C1P(c1ccccc1)c1ccccc1. The molecule has 1 unspecified atom stereocenters. The predicted molar refractivity (Wildman–Crippen MR) is 145 cm³/mol. The van der Waals surface area contributed by atoms with Crippen LogP contribution < -0.4 is 21.2 Å². The number of alkyl halides is 6. The Bertz CT molecular complexity index is 1270. The van der Waals surface area contributed by atoms with E-state index in [0.717, 1.165) is 15.9 Å². The minimum absolute atomic E-state index is 0.0756. The zero-order chi connectivity index (χ0) is 27.5. The number of halogens is 6. The van der Waals surface area contributed by atoms with E-state index in [9.17, 15) is 26.3 Å². The molecule has 1 aliphatic carbocycles. The second kappa shape index (κ2) is 11.3. The summed E-state index contributed by atoms with van der Waals surface area (Å²) in [5.41, 5.74) is -3.22. The molecule has 0 saturated carbocycles. The van der Waals surface area contributed by atoms with Crippen LogP contribution in [-0.2, 0) is 12.4 Å². The van der Waals surface area contributed by atoms with Crippen molar-refractivity contribution in [3.8, 4) is 0 Å². The maximum Gasteiger partial charge on any atom is 0.416 e. The molecule has 0 spiro atoms. The van der Waals surface area contributed by atoms with E-state index in [0.29, 0.717) is 12.1 Å². The van der Waals surface area contributed by atoms with E-state index in [-0.39, 0.29) is 23.1 Å². The molecule has 10 heteroatoms. The van der Waals surface area contributed by atoms with Gasteiger partial charge < -0.3 is 10.6 Å². The molecule has 0 heterocycles. The fourth-order valence-corrected chi connectivity index (χ4v) is 7.20. The lowest BCUT2D eigenvalue weighted by Gasteiger charge is -2.30. The summed E-state index contributed by atoms with van der Waals surface area (Å²) in [4.78, 5) is 0. The van der Waals surface area contributed by atoms with Gasteiger partial charge in [-0.3, -0.25) is 0 Å². The van der Waals surface area contributed by atoms with Crippen molar-refractivity contribution >= 4 is 41.5 Å². The maximum absolute atomic E-state index is 13.2. The van der Waals surface area contributed by atoms with Crippen LogP contribution in [0.1, 0.15) is 18.1 Å². The maximum atomic E-state index is 13.2. The number of thiocarbonyl (C=S) groups is 1. The van der Waals surface area contributed by atoms with Crippen LogP contribution in [0.4, 0.5) is 32.0 Å². The molecule has 0 saturated heterocycles. The normalized spacial score (nSPS) is 16.3. The van der Waals surface area contributed by atoms with Gasteiger partial charge in [-0.1, -0.05) is 78.9 Å². The van der Waals surface area contributed by atoms with E-state index in [1.54, 1.807) is 0 Å². The molecule has 2 atom stereocenters. The van der Waals surface area contributed by atoms with Crippen LogP contribution in [0.15, 0.2) is 102 Å². The summed E-state index contributed by atoms with van der Waals surface area (Å²) in [7, 11) is -0.887. The monoisotopic (exact) mass is 564 g/mol. The molecule has 38 heavy (non-hydrogen) atoms. The summed E-state index contributed by atoms with van der Waals surface area (Å²) in [5, 5.41) is 8.95. The van der Waals surface area contributed by atoms with E-state index < -0.39 is 37.1 Å². The number of hydrogen-bond donors (Lipinski definition) is 2. The molecule has 2 nitrogen and oxygen atoms in total. The Kier molecular flexibility index (Phi) is 8.28. The van der Waals surface area contributed by atoms with Gasteiger partial charge in [-0.15, -0.1) is 0 Å². The van der Waals surface area contributed by atoms with Gasteiger partial charge in [0.2, 0.25) is 0 Å². The first-order valence-electron chi connectivity index (χ1n) is 11.6. The number of nitrogens with one attached hydrogen (secondary N) is 2. The Balaban J connectivity index is 1.55. The molecular formula is C28H23F6N2PS. The van der Waals surface area contributed by atoms with Gasteiger partial charge in [0, 0.05) is 17.6 Å². The number of allylic oxidation sites excluding steroid dienone is 2. The third-order valence-electron chi connectivity index (χ3n) is 5.96. The second-order valence-electron chi connectivity index (χ2n) is 8.69. The first-order valence-corrected chi connectivity index (χ1v) is 13.3. The molecule has 0 amide bonds. The molecule has 3 aromatic carbocycles. The third kappa shape index (κ3) is 6.63. The van der Waals surface area contributed by atoms with Gasteiger partial charge in [0.05, 0.1) is 11.1 Å². The van der Waals surface area contributed by atoms with E-state index in [1.165, 1.54) is 0 Å². The van der Waals surface area contributed by atoms with Crippen molar-refractivity contribution < 1.29 is 26.3 Å². The summed E-state index contributed by atoms with van der Waals surface area (Å²) < 4.78 is 79.4. The van der Waals surface area contributed by atoms with Crippen molar-refractivity contribution in [3.05, 3.63) is 114 Å². The van der Waals surface area contributed by atoms with Gasteiger partial charge >= 0.3 is 12.4 Å². The minimum Gasteiger partial charge on any atom is -0.359 e. The van der Waals surface area contributed by atoms with Crippen molar-refractivity contribution in [2.75, 3.05) is 5.32 Å². The molecule has 3 aromatic rings. The molecule has 198 valence electrons. The molecular weight excluding hydrogens is 541 g/mol. The van der Waals surface area contributed by atoms with Crippen molar-refractivity contribution in [1.82, 2.24) is 5.32 Å². The van der Waals surface area contributed by atoms with Gasteiger partial charge in [0.15, 0.2) is 5.11 Å². The summed E-state index contributed by atoms with van der Waals surface area (Å²) in [5.74, 6) is -0.103. The topological polar surface area (TPSA) is 24.1 Å². The summed E-state index contributed by atoms with van der Waals surface area (Å²) in [6.45, 7) is 1.87. The van der Waals surface area contributed by atoms with E-state index >= 15 is 0 Å². The van der Waals surface area contributed by atoms with Gasteiger partial charge in [-0.2, -0.15) is 26.3 Å². The highest BCUT2D eigenvalue weighted by molar-refractivity contribution is 7.80. The van der Waals surface area contributed by atoms with Gasteiger partial charge in [-0.05, 0) is 61.2 Å². The van der Waals surface area contributed by atoms with Crippen LogP contribution >= 0.6 is 20.1 Å². The van der Waals surface area contributed by atoms with E-state index in [2.05, 4.69) is 41.0 Å². The van der Waals surface area contributed by atoms with E-state index in [4.69, 9.17) is 12.2 Å². The number of hydrogen-bond acceptors (Lipinski definition) is 1. The van der Waals surface area contributed by atoms with Crippen LogP contribution in [0, 0.1) is 5.92 Å². The average Bonchev–Trinajstić information content (AvgIpc) is 3.34. The van der Waals surface area contributed by atoms with Gasteiger partial charge in [0.1, 0.15) is 0 Å². The molecule has 0 radical (unpaired) electrons. The van der Waals surface area contributed by atoms with Crippen molar-refractivity contribution in [2.45, 2.75) is 25.3 Å². The van der Waals surface area contributed by atoms with Crippen LogP contribution in [0.5, 0.6) is 0 Å². The molecule has 1 aliphatic rings. The Labute approximate surface area is 223 Å².